The molecule has 1 aliphatic heterocycles. The van der Waals surface area contributed by atoms with Gasteiger partial charge in [0.2, 0.25) is 12.6 Å². The SMILES string of the molecule is COC(=O)c1ccc(COC(=O)CCc2ccc3c(c2)OCO3)o1. The summed E-state index contributed by atoms with van der Waals surface area (Å²) in [5.74, 6) is 0.919. The molecule has 0 radical (unpaired) electrons. The van der Waals surface area contributed by atoms with Crippen LogP contribution in [0.15, 0.2) is 34.7 Å². The Hall–Kier alpha value is -2.96. The number of furan rings is 1. The van der Waals surface area contributed by atoms with E-state index in [1.165, 1.54) is 13.2 Å². The number of hydrogen-bond acceptors (Lipinski definition) is 7. The van der Waals surface area contributed by atoms with Crippen molar-refractivity contribution in [2.75, 3.05) is 13.9 Å². The van der Waals surface area contributed by atoms with E-state index in [2.05, 4.69) is 4.74 Å². The van der Waals surface area contributed by atoms with Gasteiger partial charge in [0.05, 0.1) is 7.11 Å². The van der Waals surface area contributed by atoms with Crippen LogP contribution < -0.4 is 9.47 Å². The van der Waals surface area contributed by atoms with Crippen molar-refractivity contribution in [3.05, 3.63) is 47.4 Å². The van der Waals surface area contributed by atoms with Crippen LogP contribution in [0.1, 0.15) is 28.3 Å². The topological polar surface area (TPSA) is 84.2 Å². The lowest BCUT2D eigenvalue weighted by Gasteiger charge is -2.04. The Morgan fingerprint density at radius 3 is 2.79 bits per heavy atom. The summed E-state index contributed by atoms with van der Waals surface area (Å²) in [6.45, 7) is 0.189. The van der Waals surface area contributed by atoms with E-state index in [0.29, 0.717) is 23.7 Å². The fourth-order valence-electron chi connectivity index (χ4n) is 2.23. The van der Waals surface area contributed by atoms with Crippen molar-refractivity contribution in [2.45, 2.75) is 19.4 Å². The van der Waals surface area contributed by atoms with Crippen LogP contribution in [0, 0.1) is 0 Å². The van der Waals surface area contributed by atoms with Crippen molar-refractivity contribution in [1.82, 2.24) is 0 Å². The van der Waals surface area contributed by atoms with Crippen LogP contribution >= 0.6 is 0 Å². The third-order valence-electron chi connectivity index (χ3n) is 3.48. The monoisotopic (exact) mass is 332 g/mol. The molecule has 0 aliphatic carbocycles. The predicted molar refractivity (Wildman–Crippen MR) is 80.7 cm³/mol. The van der Waals surface area contributed by atoms with Gasteiger partial charge in [-0.1, -0.05) is 6.07 Å². The summed E-state index contributed by atoms with van der Waals surface area (Å²) in [6, 6.07) is 8.60. The zero-order valence-corrected chi connectivity index (χ0v) is 13.1. The highest BCUT2D eigenvalue weighted by Gasteiger charge is 2.15. The lowest BCUT2D eigenvalue weighted by molar-refractivity contribution is -0.145. The van der Waals surface area contributed by atoms with Gasteiger partial charge in [-0.3, -0.25) is 4.79 Å². The molecule has 24 heavy (non-hydrogen) atoms. The summed E-state index contributed by atoms with van der Waals surface area (Å²) in [4.78, 5) is 23.1. The number of rotatable bonds is 6. The molecule has 0 N–H and O–H groups in total. The Morgan fingerprint density at radius 2 is 1.96 bits per heavy atom. The summed E-state index contributed by atoms with van der Waals surface area (Å²) in [5, 5.41) is 0. The summed E-state index contributed by atoms with van der Waals surface area (Å²) in [6.07, 6.45) is 0.755. The quantitative estimate of drug-likeness (QED) is 0.751. The van der Waals surface area contributed by atoms with E-state index >= 15 is 0 Å². The van der Waals surface area contributed by atoms with Crippen molar-refractivity contribution in [2.24, 2.45) is 0 Å². The minimum absolute atomic E-state index is 0.0308. The number of benzene rings is 1. The molecule has 0 unspecified atom stereocenters. The van der Waals surface area contributed by atoms with E-state index in [4.69, 9.17) is 18.6 Å². The van der Waals surface area contributed by atoms with E-state index in [1.807, 2.05) is 18.2 Å². The van der Waals surface area contributed by atoms with E-state index in [1.54, 1.807) is 6.07 Å². The molecule has 126 valence electrons. The molecule has 0 atom stereocenters. The number of aryl methyl sites for hydroxylation is 1. The molecule has 1 aromatic carbocycles. The van der Waals surface area contributed by atoms with Gasteiger partial charge in [0, 0.05) is 6.42 Å². The van der Waals surface area contributed by atoms with Crippen LogP contribution in [0.5, 0.6) is 11.5 Å². The predicted octanol–water partition coefficient (Wildman–Crippen LogP) is 2.47. The third kappa shape index (κ3) is 3.68. The Kier molecular flexibility index (Phi) is 4.69. The molecule has 3 rings (SSSR count). The van der Waals surface area contributed by atoms with Crippen LogP contribution in [0.4, 0.5) is 0 Å². The highest BCUT2D eigenvalue weighted by Crippen LogP contribution is 2.32. The highest BCUT2D eigenvalue weighted by atomic mass is 16.7. The molecule has 7 heteroatoms. The van der Waals surface area contributed by atoms with Crippen LogP contribution in [-0.4, -0.2) is 25.8 Å². The molecular formula is C17H16O7. The summed E-state index contributed by atoms with van der Waals surface area (Å²) in [5.41, 5.74) is 0.960. The lowest BCUT2D eigenvalue weighted by Crippen LogP contribution is -2.05. The van der Waals surface area contributed by atoms with Crippen LogP contribution in [-0.2, 0) is 27.3 Å². The number of methoxy groups -OCH3 is 1. The third-order valence-corrected chi connectivity index (χ3v) is 3.48. The van der Waals surface area contributed by atoms with E-state index in [9.17, 15) is 9.59 Å². The first kappa shape index (κ1) is 15.9. The molecule has 2 heterocycles. The molecule has 0 saturated carbocycles. The van der Waals surface area contributed by atoms with Crippen molar-refractivity contribution in [1.29, 1.82) is 0 Å². The maximum absolute atomic E-state index is 11.8. The first-order chi connectivity index (χ1) is 11.7. The molecule has 0 spiro atoms. The number of fused-ring (bicyclic) bond motifs is 1. The largest absolute Gasteiger partial charge is 0.463 e. The van der Waals surface area contributed by atoms with Gasteiger partial charge in [-0.25, -0.2) is 4.79 Å². The number of ether oxygens (including phenoxy) is 4. The summed E-state index contributed by atoms with van der Waals surface area (Å²) in [7, 11) is 1.26. The number of hydrogen-bond donors (Lipinski definition) is 0. The summed E-state index contributed by atoms with van der Waals surface area (Å²) >= 11 is 0. The van der Waals surface area contributed by atoms with Crippen LogP contribution in [0.25, 0.3) is 0 Å². The first-order valence-corrected chi connectivity index (χ1v) is 7.37. The van der Waals surface area contributed by atoms with Crippen molar-refractivity contribution < 1.29 is 33.0 Å². The fraction of sp³-hybridized carbons (Fsp3) is 0.294. The van der Waals surface area contributed by atoms with Gasteiger partial charge < -0.3 is 23.4 Å². The molecule has 0 amide bonds. The Bertz CT molecular complexity index is 747. The number of carbonyl (C=O) groups is 2. The van der Waals surface area contributed by atoms with Crippen molar-refractivity contribution >= 4 is 11.9 Å². The molecule has 1 aliphatic rings. The average Bonchev–Trinajstić information content (AvgIpc) is 3.26. The van der Waals surface area contributed by atoms with Gasteiger partial charge in [-0.05, 0) is 36.2 Å². The molecule has 0 fully saturated rings. The smallest absolute Gasteiger partial charge is 0.373 e. The van der Waals surface area contributed by atoms with Gasteiger partial charge in [0.1, 0.15) is 12.4 Å². The second-order valence-electron chi connectivity index (χ2n) is 5.11. The van der Waals surface area contributed by atoms with Gasteiger partial charge in [0.15, 0.2) is 11.5 Å². The van der Waals surface area contributed by atoms with E-state index < -0.39 is 5.97 Å². The van der Waals surface area contributed by atoms with E-state index in [0.717, 1.165) is 5.56 Å². The fourth-order valence-corrected chi connectivity index (χ4v) is 2.23. The van der Waals surface area contributed by atoms with Crippen LogP contribution in [0.3, 0.4) is 0 Å². The minimum Gasteiger partial charge on any atom is -0.463 e. The number of carbonyl (C=O) groups excluding carboxylic acids is 2. The molecule has 0 saturated heterocycles. The Labute approximate surface area is 138 Å². The Balaban J connectivity index is 1.46. The standard InChI is InChI=1S/C17H16O7/c1-20-17(19)14-6-4-12(24-14)9-21-16(18)7-3-11-2-5-13-15(8-11)23-10-22-13/h2,4-6,8H,3,7,9-10H2,1H3. The normalized spacial score (nSPS) is 12.0. The zero-order chi connectivity index (χ0) is 16.9. The number of esters is 2. The molecular weight excluding hydrogens is 316 g/mol. The minimum atomic E-state index is -0.574. The maximum Gasteiger partial charge on any atom is 0.373 e. The molecule has 2 aromatic rings. The van der Waals surface area contributed by atoms with Crippen molar-refractivity contribution in [3.8, 4) is 11.5 Å². The first-order valence-electron chi connectivity index (χ1n) is 7.37. The van der Waals surface area contributed by atoms with Gasteiger partial charge in [-0.15, -0.1) is 0 Å². The molecule has 1 aromatic heterocycles. The van der Waals surface area contributed by atoms with Crippen molar-refractivity contribution in [3.63, 3.8) is 0 Å². The molecule has 7 nitrogen and oxygen atoms in total. The van der Waals surface area contributed by atoms with Crippen LogP contribution in [0.2, 0.25) is 0 Å². The lowest BCUT2D eigenvalue weighted by atomic mass is 10.1. The zero-order valence-electron chi connectivity index (χ0n) is 13.1. The molecule has 0 bridgehead atoms. The summed E-state index contributed by atoms with van der Waals surface area (Å²) < 4.78 is 25.4. The maximum atomic E-state index is 11.8. The van der Waals surface area contributed by atoms with E-state index in [-0.39, 0.29) is 31.6 Å². The second-order valence-corrected chi connectivity index (χ2v) is 5.11. The Morgan fingerprint density at radius 1 is 1.12 bits per heavy atom. The second kappa shape index (κ2) is 7.08. The van der Waals surface area contributed by atoms with Gasteiger partial charge in [0.25, 0.3) is 0 Å². The highest BCUT2D eigenvalue weighted by molar-refractivity contribution is 5.86. The van der Waals surface area contributed by atoms with Gasteiger partial charge >= 0.3 is 11.9 Å². The van der Waals surface area contributed by atoms with Gasteiger partial charge in [-0.2, -0.15) is 0 Å². The average molecular weight is 332 g/mol.